The first-order valence-corrected chi connectivity index (χ1v) is 0. The average Bonchev–Trinajstić information content (AvgIpc) is 0. The zero-order valence-electron chi connectivity index (χ0n) is 4.80. The molecule has 49 valence electrons. The van der Waals surface area contributed by atoms with Crippen LogP contribution in [-0.4, -0.2) is 0 Å². The molecular formula is C3H13CeI2O. The third kappa shape index (κ3) is 52.0. The molecule has 0 aromatic carbocycles. The minimum absolute atomic E-state index is 0. The van der Waals surface area contributed by atoms with Crippen molar-refractivity contribution in [1.29, 1.82) is 0 Å². The van der Waals surface area contributed by atoms with Crippen molar-refractivity contribution in [3.05, 3.63) is 22.3 Å². The Bertz CT molecular complexity index is 12.9. The van der Waals surface area contributed by atoms with Crippen molar-refractivity contribution in [2.24, 2.45) is 0 Å². The minimum atomic E-state index is 0. The van der Waals surface area contributed by atoms with E-state index in [1.165, 1.54) is 0 Å². The molecule has 0 fully saturated rings. The van der Waals surface area contributed by atoms with Gasteiger partial charge in [0.25, 0.3) is 0 Å². The molecule has 0 aromatic rings. The monoisotopic (exact) mass is 459 g/mol. The van der Waals surface area contributed by atoms with E-state index in [0.717, 1.165) is 0 Å². The Balaban J connectivity index is 0. The minimum Gasteiger partial charge on any atom is -2.00 e. The topological polar surface area (TPSA) is 28.5 Å². The van der Waals surface area contributed by atoms with Gasteiger partial charge in [-0.3, -0.25) is 0 Å². The van der Waals surface area contributed by atoms with Crippen LogP contribution >= 0.6 is 0 Å². The maximum atomic E-state index is 0. The van der Waals surface area contributed by atoms with Crippen LogP contribution in [0.2, 0.25) is 0 Å². The van der Waals surface area contributed by atoms with E-state index in [0.29, 0.717) is 0 Å². The Morgan fingerprint density at radius 3 is 0.571 bits per heavy atom. The van der Waals surface area contributed by atoms with Gasteiger partial charge in [0.05, 0.1) is 0 Å². The summed E-state index contributed by atoms with van der Waals surface area (Å²) in [7, 11) is 0. The van der Waals surface area contributed by atoms with Gasteiger partial charge in [0.1, 0.15) is 0 Å². The maximum Gasteiger partial charge on any atom is 3.00 e. The van der Waals surface area contributed by atoms with E-state index in [1.54, 1.807) is 0 Å². The van der Waals surface area contributed by atoms with Crippen LogP contribution in [0.15, 0.2) is 0 Å². The summed E-state index contributed by atoms with van der Waals surface area (Å²) in [5, 5.41) is 0. The molecule has 1 nitrogen and oxygen atoms in total. The van der Waals surface area contributed by atoms with Gasteiger partial charge in [-0.25, -0.2) is 0 Å². The van der Waals surface area contributed by atoms with Crippen LogP contribution in [0.1, 0.15) is 0 Å². The third-order valence-corrected chi connectivity index (χ3v) is 0. The summed E-state index contributed by atoms with van der Waals surface area (Å²) in [6.07, 6.45) is 0. The molecule has 0 saturated heterocycles. The smallest absolute Gasteiger partial charge is 2.00 e. The second-order valence-corrected chi connectivity index (χ2v) is 0. The largest absolute Gasteiger partial charge is 3.00 e. The van der Waals surface area contributed by atoms with Gasteiger partial charge in [-0.2, -0.15) is 0 Å². The first-order valence-electron chi connectivity index (χ1n) is 0. The predicted octanol–water partition coefficient (Wildman–Crippen LogP) is -5.83. The Morgan fingerprint density at radius 1 is 0.571 bits per heavy atom. The summed E-state index contributed by atoms with van der Waals surface area (Å²) in [5.74, 6) is 0. The molecule has 0 aliphatic rings. The predicted molar refractivity (Wildman–Crippen MR) is 25.5 cm³/mol. The fourth-order valence-corrected chi connectivity index (χ4v) is 0. The van der Waals surface area contributed by atoms with Crippen molar-refractivity contribution in [2.45, 2.75) is 0 Å². The standard InChI is InChI=1S/3CH3.Ce.2H2I.O/h3*1H3;;2*1H2;/q3*-1;+3;2*+1;-2. The molecule has 0 amide bonds. The summed E-state index contributed by atoms with van der Waals surface area (Å²) in [5.41, 5.74) is 0. The molecule has 0 spiro atoms. The van der Waals surface area contributed by atoms with E-state index >= 15 is 0 Å². The summed E-state index contributed by atoms with van der Waals surface area (Å²) < 4.78 is 0. The fourth-order valence-electron chi connectivity index (χ4n) is 0. The van der Waals surface area contributed by atoms with Crippen LogP contribution in [0.3, 0.4) is 0 Å². The van der Waals surface area contributed by atoms with Crippen LogP contribution in [-0.2, 0) is 5.48 Å². The number of hydrogen-bond acceptors (Lipinski definition) is 0. The van der Waals surface area contributed by atoms with E-state index in [-0.39, 0.29) is 117 Å². The fraction of sp³-hybridized carbons (Fsp3) is 0. The van der Waals surface area contributed by atoms with Crippen molar-refractivity contribution >= 4 is 0 Å². The van der Waals surface area contributed by atoms with Crippen molar-refractivity contribution in [2.75, 3.05) is 0 Å². The normalized spacial score (nSPS) is 0. The van der Waals surface area contributed by atoms with Crippen molar-refractivity contribution in [1.82, 2.24) is 0 Å². The molecule has 0 aromatic heterocycles. The molecule has 4 heteroatoms. The molecule has 0 rings (SSSR count). The van der Waals surface area contributed by atoms with E-state index < -0.39 is 0 Å². The quantitative estimate of drug-likeness (QED) is 0.256. The van der Waals surface area contributed by atoms with E-state index in [2.05, 4.69) is 0 Å². The van der Waals surface area contributed by atoms with E-state index in [1.807, 2.05) is 0 Å². The van der Waals surface area contributed by atoms with Crippen LogP contribution in [0.25, 0.3) is 0 Å². The maximum absolute atomic E-state index is 0. The van der Waals surface area contributed by atoms with Crippen molar-refractivity contribution < 1.29 is 95.2 Å². The van der Waals surface area contributed by atoms with Gasteiger partial charge in [0, 0.05) is 0 Å². The van der Waals surface area contributed by atoms with Crippen LogP contribution in [0.5, 0.6) is 0 Å². The summed E-state index contributed by atoms with van der Waals surface area (Å²) in [4.78, 5) is 0. The second kappa shape index (κ2) is 68.4. The van der Waals surface area contributed by atoms with Gasteiger partial charge in [-0.1, -0.05) is 0 Å². The molecule has 0 aliphatic heterocycles. The second-order valence-electron chi connectivity index (χ2n) is 0. The van der Waals surface area contributed by atoms with Gasteiger partial charge in [-0.15, -0.1) is 0 Å². The Hall–Kier alpha value is 2.80. The first-order chi connectivity index (χ1) is 0. The SMILES string of the molecule is [CH3-].[CH3-].[CH3-].[Ce+3].[IH2+].[IH2+].[O-2]. The van der Waals surface area contributed by atoms with Gasteiger partial charge in [0.15, 0.2) is 0 Å². The molecular weight excluding hydrogens is 446 g/mol. The average molecular weight is 459 g/mol. The van der Waals surface area contributed by atoms with Crippen LogP contribution in [0, 0.1) is 64.0 Å². The zero-order chi connectivity index (χ0) is 0. The molecule has 0 aliphatic carbocycles. The number of rotatable bonds is 0. The molecule has 1 radical (unpaired) electrons. The van der Waals surface area contributed by atoms with Gasteiger partial charge < -0.3 is 27.8 Å². The van der Waals surface area contributed by atoms with Crippen LogP contribution in [0.4, 0.5) is 0 Å². The molecule has 0 N–H and O–H groups in total. The molecule has 0 heterocycles. The van der Waals surface area contributed by atoms with Gasteiger partial charge >= 0.3 is 41.7 Å². The molecule has 0 unspecified atom stereocenters. The zero-order valence-corrected chi connectivity index (χ0v) is 13.0. The third-order valence-electron chi connectivity index (χ3n) is 0. The van der Waals surface area contributed by atoms with Gasteiger partial charge in [-0.05, 0) is 0 Å². The van der Waals surface area contributed by atoms with Crippen molar-refractivity contribution in [3.8, 4) is 0 Å². The first kappa shape index (κ1) is 96.9. The van der Waals surface area contributed by atoms with E-state index in [4.69, 9.17) is 0 Å². The summed E-state index contributed by atoms with van der Waals surface area (Å²) in [6, 6.07) is 0. The molecule has 0 bridgehead atoms. The van der Waals surface area contributed by atoms with Crippen LogP contribution < -0.4 is 48.0 Å². The molecule has 7 heavy (non-hydrogen) atoms. The summed E-state index contributed by atoms with van der Waals surface area (Å²) >= 11 is 0. The number of hydrogen-bond donors (Lipinski definition) is 0. The van der Waals surface area contributed by atoms with E-state index in [9.17, 15) is 0 Å². The van der Waals surface area contributed by atoms with Gasteiger partial charge in [0.2, 0.25) is 48.0 Å². The Kier molecular flexibility index (Phi) is 947. The Morgan fingerprint density at radius 2 is 0.571 bits per heavy atom. The summed E-state index contributed by atoms with van der Waals surface area (Å²) in [6.45, 7) is 0. The Labute approximate surface area is 115 Å². The molecule has 0 saturated carbocycles. The number of halogens is 2. The molecule has 0 atom stereocenters. The van der Waals surface area contributed by atoms with Crippen molar-refractivity contribution in [3.63, 3.8) is 0 Å².